The van der Waals surface area contributed by atoms with Crippen LogP contribution >= 0.6 is 0 Å². The van der Waals surface area contributed by atoms with E-state index in [9.17, 15) is 19.2 Å². The lowest BCUT2D eigenvalue weighted by Crippen LogP contribution is -2.15. The lowest BCUT2D eigenvalue weighted by atomic mass is 10.1. The van der Waals surface area contributed by atoms with Crippen LogP contribution in [0, 0.1) is 0 Å². The van der Waals surface area contributed by atoms with Gasteiger partial charge in [0.05, 0.1) is 6.42 Å². The first-order valence-electron chi connectivity index (χ1n) is 13.6. The van der Waals surface area contributed by atoms with E-state index in [1.807, 2.05) is 36.4 Å². The summed E-state index contributed by atoms with van der Waals surface area (Å²) < 4.78 is 0. The second-order valence-corrected chi connectivity index (χ2v) is 9.67. The highest BCUT2D eigenvalue weighted by Gasteiger charge is 2.11. The molecule has 0 saturated heterocycles. The predicted octanol–water partition coefficient (Wildman–Crippen LogP) is 6.62. The molecule has 0 bridgehead atoms. The highest BCUT2D eigenvalue weighted by atomic mass is 16.2. The first-order chi connectivity index (χ1) is 20.9. The van der Waals surface area contributed by atoms with Gasteiger partial charge in [0, 0.05) is 39.4 Å². The Morgan fingerprint density at radius 1 is 0.372 bits per heavy atom. The number of hydrogen-bond donors (Lipinski definition) is 4. The molecule has 0 heterocycles. The standard InChI is InChI=1S/C35H28N4O4/c40-32(23-24-7-3-1-4-8-24)36-28-15-17-29(18-16-28)38-34(42)26-11-13-27(14-12-26)35(43)39-31-21-19-30(20-22-31)37-33(41)25-9-5-2-6-10-25/h1-22H,23H2,(H,36,40)(H,37,41)(H,38,42)(H,39,43). The Morgan fingerprint density at radius 2 is 0.698 bits per heavy atom. The summed E-state index contributed by atoms with van der Waals surface area (Å²) in [5, 5.41) is 11.3. The number of carbonyl (C=O) groups excluding carboxylic acids is 4. The molecular weight excluding hydrogens is 540 g/mol. The fourth-order valence-corrected chi connectivity index (χ4v) is 4.23. The van der Waals surface area contributed by atoms with Crippen molar-refractivity contribution in [2.45, 2.75) is 6.42 Å². The van der Waals surface area contributed by atoms with Crippen molar-refractivity contribution in [3.05, 3.63) is 156 Å². The van der Waals surface area contributed by atoms with Crippen LogP contribution in [0.4, 0.5) is 22.7 Å². The number of anilines is 4. The number of benzene rings is 5. The van der Waals surface area contributed by atoms with Crippen LogP contribution in [-0.2, 0) is 11.2 Å². The molecule has 0 aliphatic carbocycles. The van der Waals surface area contributed by atoms with E-state index in [1.165, 1.54) is 0 Å². The summed E-state index contributed by atoms with van der Waals surface area (Å²) in [6.07, 6.45) is 0.272. The molecule has 0 aromatic heterocycles. The van der Waals surface area contributed by atoms with Gasteiger partial charge in [-0.15, -0.1) is 0 Å². The number of hydrogen-bond acceptors (Lipinski definition) is 4. The summed E-state index contributed by atoms with van der Waals surface area (Å²) in [5.41, 5.74) is 4.59. The molecule has 0 unspecified atom stereocenters. The van der Waals surface area contributed by atoms with Crippen LogP contribution in [0.2, 0.25) is 0 Å². The minimum Gasteiger partial charge on any atom is -0.326 e. The van der Waals surface area contributed by atoms with Crippen LogP contribution < -0.4 is 21.3 Å². The van der Waals surface area contributed by atoms with Gasteiger partial charge in [-0.3, -0.25) is 19.2 Å². The molecule has 0 radical (unpaired) electrons. The van der Waals surface area contributed by atoms with Crippen molar-refractivity contribution in [2.75, 3.05) is 21.3 Å². The monoisotopic (exact) mass is 568 g/mol. The summed E-state index contributed by atoms with van der Waals surface area (Å²) in [6, 6.07) is 38.3. The quantitative estimate of drug-likeness (QED) is 0.160. The van der Waals surface area contributed by atoms with Gasteiger partial charge in [0.2, 0.25) is 5.91 Å². The summed E-state index contributed by atoms with van der Waals surface area (Å²) in [4.78, 5) is 50.1. The Bertz CT molecular complexity index is 1720. The molecule has 8 nitrogen and oxygen atoms in total. The van der Waals surface area contributed by atoms with Crippen molar-refractivity contribution in [2.24, 2.45) is 0 Å². The maximum absolute atomic E-state index is 12.7. The molecule has 0 saturated carbocycles. The molecule has 0 aliphatic rings. The van der Waals surface area contributed by atoms with Crippen LogP contribution in [0.15, 0.2) is 133 Å². The molecule has 4 amide bonds. The fourth-order valence-electron chi connectivity index (χ4n) is 4.23. The molecule has 5 rings (SSSR count). The smallest absolute Gasteiger partial charge is 0.255 e. The Labute approximate surface area is 248 Å². The zero-order chi connectivity index (χ0) is 30.0. The summed E-state index contributed by atoms with van der Waals surface area (Å²) in [6.45, 7) is 0. The van der Waals surface area contributed by atoms with E-state index in [4.69, 9.17) is 0 Å². The molecule has 0 spiro atoms. The third-order valence-electron chi connectivity index (χ3n) is 6.48. The van der Waals surface area contributed by atoms with Gasteiger partial charge in [0.1, 0.15) is 0 Å². The van der Waals surface area contributed by atoms with Gasteiger partial charge in [-0.1, -0.05) is 48.5 Å². The van der Waals surface area contributed by atoms with Crippen LogP contribution in [0.5, 0.6) is 0 Å². The van der Waals surface area contributed by atoms with Gasteiger partial charge in [-0.2, -0.15) is 0 Å². The average molecular weight is 569 g/mol. The van der Waals surface area contributed by atoms with Crippen molar-refractivity contribution < 1.29 is 19.2 Å². The summed E-state index contributed by atoms with van der Waals surface area (Å²) in [5.74, 6) is -1.02. The van der Waals surface area contributed by atoms with Crippen molar-refractivity contribution >= 4 is 46.4 Å². The van der Waals surface area contributed by atoms with Gasteiger partial charge in [0.25, 0.3) is 17.7 Å². The van der Waals surface area contributed by atoms with Crippen LogP contribution in [0.25, 0.3) is 0 Å². The first kappa shape index (κ1) is 28.5. The zero-order valence-electron chi connectivity index (χ0n) is 23.0. The Kier molecular flexibility index (Phi) is 8.99. The minimum atomic E-state index is -0.335. The Hall–Kier alpha value is -6.02. The van der Waals surface area contributed by atoms with E-state index in [0.717, 1.165) is 5.56 Å². The lowest BCUT2D eigenvalue weighted by Gasteiger charge is -2.10. The normalized spacial score (nSPS) is 10.3. The molecule has 0 atom stereocenters. The molecule has 0 aliphatic heterocycles. The Morgan fingerprint density at radius 3 is 1.09 bits per heavy atom. The second kappa shape index (κ2) is 13.6. The van der Waals surface area contributed by atoms with Crippen LogP contribution in [0.1, 0.15) is 36.6 Å². The first-order valence-corrected chi connectivity index (χ1v) is 13.6. The highest BCUT2D eigenvalue weighted by molar-refractivity contribution is 6.08. The Balaban J connectivity index is 1.10. The molecule has 212 valence electrons. The van der Waals surface area contributed by atoms with E-state index in [2.05, 4.69) is 21.3 Å². The van der Waals surface area contributed by atoms with Crippen molar-refractivity contribution in [1.82, 2.24) is 0 Å². The van der Waals surface area contributed by atoms with Gasteiger partial charge >= 0.3 is 0 Å². The van der Waals surface area contributed by atoms with Gasteiger partial charge in [-0.05, 0) is 90.5 Å². The van der Waals surface area contributed by atoms with E-state index in [1.54, 1.807) is 97.1 Å². The van der Waals surface area contributed by atoms with Gasteiger partial charge in [-0.25, -0.2) is 0 Å². The third-order valence-corrected chi connectivity index (χ3v) is 6.48. The van der Waals surface area contributed by atoms with Crippen LogP contribution in [0.3, 0.4) is 0 Å². The molecule has 5 aromatic carbocycles. The van der Waals surface area contributed by atoms with Crippen LogP contribution in [-0.4, -0.2) is 23.6 Å². The highest BCUT2D eigenvalue weighted by Crippen LogP contribution is 2.18. The van der Waals surface area contributed by atoms with E-state index >= 15 is 0 Å². The second-order valence-electron chi connectivity index (χ2n) is 9.67. The SMILES string of the molecule is O=C(Cc1ccccc1)Nc1ccc(NC(=O)c2ccc(C(=O)Nc3ccc(NC(=O)c4ccccc4)cc3)cc2)cc1. The van der Waals surface area contributed by atoms with Gasteiger partial charge in [0.15, 0.2) is 0 Å². The lowest BCUT2D eigenvalue weighted by molar-refractivity contribution is -0.115. The number of rotatable bonds is 9. The topological polar surface area (TPSA) is 116 Å². The summed E-state index contributed by atoms with van der Waals surface area (Å²) >= 11 is 0. The van der Waals surface area contributed by atoms with Crippen molar-refractivity contribution in [3.8, 4) is 0 Å². The van der Waals surface area contributed by atoms with Crippen molar-refractivity contribution in [3.63, 3.8) is 0 Å². The maximum Gasteiger partial charge on any atom is 0.255 e. The molecule has 8 heteroatoms. The summed E-state index contributed by atoms with van der Waals surface area (Å²) in [7, 11) is 0. The van der Waals surface area contributed by atoms with E-state index in [-0.39, 0.29) is 30.0 Å². The molecule has 43 heavy (non-hydrogen) atoms. The van der Waals surface area contributed by atoms with E-state index < -0.39 is 0 Å². The molecule has 5 aromatic rings. The number of carbonyl (C=O) groups is 4. The molecular formula is C35H28N4O4. The number of nitrogens with one attached hydrogen (secondary N) is 4. The average Bonchev–Trinajstić information content (AvgIpc) is 3.04. The largest absolute Gasteiger partial charge is 0.326 e. The van der Waals surface area contributed by atoms with Gasteiger partial charge < -0.3 is 21.3 Å². The van der Waals surface area contributed by atoms with Crippen molar-refractivity contribution in [1.29, 1.82) is 0 Å². The fraction of sp³-hybridized carbons (Fsp3) is 0.0286. The maximum atomic E-state index is 12.7. The number of amides is 4. The predicted molar refractivity (Wildman–Crippen MR) is 168 cm³/mol. The third kappa shape index (κ3) is 8.02. The zero-order valence-corrected chi connectivity index (χ0v) is 23.0. The minimum absolute atomic E-state index is 0.128. The molecule has 0 fully saturated rings. The van der Waals surface area contributed by atoms with E-state index in [0.29, 0.717) is 39.4 Å². The molecule has 4 N–H and O–H groups in total.